The number of aryl methyl sites for hydroxylation is 1. The molecule has 3 amide bonds. The SMILES string of the molecule is CSCC[C@H](NC(N)=O)C(=O)Nc1cccc(-c2nnc3n2CCCCC3)c1. The molecule has 9 heteroatoms. The second-order valence-electron chi connectivity index (χ2n) is 6.81. The normalized spacial score (nSPS) is 14.6. The molecule has 1 atom stereocenters. The average molecular weight is 403 g/mol. The number of thioether (sulfide) groups is 1. The molecular weight excluding hydrogens is 376 g/mol. The lowest BCUT2D eigenvalue weighted by atomic mass is 10.1. The van der Waals surface area contributed by atoms with E-state index in [0.29, 0.717) is 12.1 Å². The third-order valence-electron chi connectivity index (χ3n) is 4.74. The molecule has 2 heterocycles. The van der Waals surface area contributed by atoms with E-state index in [1.165, 1.54) is 6.42 Å². The van der Waals surface area contributed by atoms with Crippen molar-refractivity contribution >= 4 is 29.4 Å². The van der Waals surface area contributed by atoms with Gasteiger partial charge in [-0.05, 0) is 43.4 Å². The molecule has 1 aliphatic heterocycles. The maximum atomic E-state index is 12.6. The van der Waals surface area contributed by atoms with E-state index >= 15 is 0 Å². The molecule has 1 aliphatic rings. The quantitative estimate of drug-likeness (QED) is 0.658. The second kappa shape index (κ2) is 9.59. The van der Waals surface area contributed by atoms with E-state index in [0.717, 1.165) is 48.8 Å². The van der Waals surface area contributed by atoms with Crippen LogP contribution in [0.25, 0.3) is 11.4 Å². The molecule has 0 radical (unpaired) electrons. The fourth-order valence-corrected chi connectivity index (χ4v) is 3.81. The summed E-state index contributed by atoms with van der Waals surface area (Å²) < 4.78 is 2.17. The lowest BCUT2D eigenvalue weighted by molar-refractivity contribution is -0.117. The number of carbonyl (C=O) groups is 2. The van der Waals surface area contributed by atoms with Crippen molar-refractivity contribution in [1.82, 2.24) is 20.1 Å². The number of primary amides is 1. The van der Waals surface area contributed by atoms with Gasteiger partial charge in [0.1, 0.15) is 11.9 Å². The molecule has 4 N–H and O–H groups in total. The number of anilines is 1. The van der Waals surface area contributed by atoms with E-state index in [4.69, 9.17) is 5.73 Å². The smallest absolute Gasteiger partial charge is 0.312 e. The van der Waals surface area contributed by atoms with E-state index in [-0.39, 0.29) is 5.91 Å². The van der Waals surface area contributed by atoms with Crippen LogP contribution >= 0.6 is 11.8 Å². The van der Waals surface area contributed by atoms with E-state index in [2.05, 4.69) is 25.4 Å². The fraction of sp³-hybridized carbons (Fsp3) is 0.474. The molecular formula is C19H26N6O2S. The first-order valence-corrected chi connectivity index (χ1v) is 10.9. The zero-order valence-corrected chi connectivity index (χ0v) is 16.8. The standard InChI is InChI=1S/C19H26N6O2S/c1-28-11-9-15(22-19(20)27)18(26)21-14-7-5-6-13(12-14)17-24-23-16-8-3-2-4-10-25(16)17/h5-7,12,15H,2-4,8-11H2,1H3,(H,21,26)(H3,20,22,27)/t15-/m0/s1. The van der Waals surface area contributed by atoms with E-state index in [9.17, 15) is 9.59 Å². The summed E-state index contributed by atoms with van der Waals surface area (Å²) in [7, 11) is 0. The van der Waals surface area contributed by atoms with Crippen LogP contribution in [0.4, 0.5) is 10.5 Å². The van der Waals surface area contributed by atoms with Gasteiger partial charge in [0, 0.05) is 24.2 Å². The van der Waals surface area contributed by atoms with Crippen molar-refractivity contribution in [2.45, 2.75) is 44.7 Å². The maximum Gasteiger partial charge on any atom is 0.312 e. The Morgan fingerprint density at radius 3 is 2.93 bits per heavy atom. The van der Waals surface area contributed by atoms with Crippen molar-refractivity contribution in [2.75, 3.05) is 17.3 Å². The van der Waals surface area contributed by atoms with Crippen molar-refractivity contribution in [3.05, 3.63) is 30.1 Å². The molecule has 0 saturated heterocycles. The lowest BCUT2D eigenvalue weighted by Gasteiger charge is -2.17. The van der Waals surface area contributed by atoms with E-state index in [1.54, 1.807) is 11.8 Å². The van der Waals surface area contributed by atoms with Crippen molar-refractivity contribution in [2.24, 2.45) is 5.73 Å². The first kappa shape index (κ1) is 20.2. The Labute approximate surface area is 168 Å². The maximum absolute atomic E-state index is 12.6. The molecule has 0 unspecified atom stereocenters. The average Bonchev–Trinajstić information content (AvgIpc) is 2.93. The molecule has 28 heavy (non-hydrogen) atoms. The first-order chi connectivity index (χ1) is 13.6. The van der Waals surface area contributed by atoms with Gasteiger partial charge in [-0.15, -0.1) is 10.2 Å². The molecule has 0 aliphatic carbocycles. The van der Waals surface area contributed by atoms with Gasteiger partial charge in [-0.25, -0.2) is 4.79 Å². The molecule has 0 fully saturated rings. The summed E-state index contributed by atoms with van der Waals surface area (Å²) in [6.07, 6.45) is 6.85. The predicted molar refractivity (Wildman–Crippen MR) is 111 cm³/mol. The van der Waals surface area contributed by atoms with Crippen molar-refractivity contribution < 1.29 is 9.59 Å². The monoisotopic (exact) mass is 402 g/mol. The minimum Gasteiger partial charge on any atom is -0.352 e. The lowest BCUT2D eigenvalue weighted by Crippen LogP contribution is -2.46. The largest absolute Gasteiger partial charge is 0.352 e. The topological polar surface area (TPSA) is 115 Å². The van der Waals surface area contributed by atoms with Gasteiger partial charge in [-0.1, -0.05) is 18.6 Å². The fourth-order valence-electron chi connectivity index (χ4n) is 3.34. The molecule has 2 aromatic rings. The number of benzene rings is 1. The second-order valence-corrected chi connectivity index (χ2v) is 7.80. The highest BCUT2D eigenvalue weighted by Gasteiger charge is 2.20. The third kappa shape index (κ3) is 5.03. The van der Waals surface area contributed by atoms with Crippen LogP contribution in [-0.4, -0.2) is 44.8 Å². The molecule has 8 nitrogen and oxygen atoms in total. The molecule has 150 valence electrons. The number of rotatable bonds is 7. The van der Waals surface area contributed by atoms with Crippen LogP contribution in [0.15, 0.2) is 24.3 Å². The van der Waals surface area contributed by atoms with Crippen molar-refractivity contribution in [1.29, 1.82) is 0 Å². The van der Waals surface area contributed by atoms with Gasteiger partial charge in [0.2, 0.25) is 5.91 Å². The highest BCUT2D eigenvalue weighted by molar-refractivity contribution is 7.98. The van der Waals surface area contributed by atoms with Gasteiger partial charge in [0.25, 0.3) is 0 Å². The van der Waals surface area contributed by atoms with Gasteiger partial charge in [-0.3, -0.25) is 4.79 Å². The number of hydrogen-bond acceptors (Lipinski definition) is 5. The van der Waals surface area contributed by atoms with E-state index in [1.807, 2.05) is 30.5 Å². The van der Waals surface area contributed by atoms with Gasteiger partial charge in [-0.2, -0.15) is 11.8 Å². The Balaban J connectivity index is 1.77. The van der Waals surface area contributed by atoms with Crippen LogP contribution in [0.3, 0.4) is 0 Å². The highest BCUT2D eigenvalue weighted by atomic mass is 32.2. The molecule has 0 saturated carbocycles. The van der Waals surface area contributed by atoms with Crippen LogP contribution in [0, 0.1) is 0 Å². The number of urea groups is 1. The van der Waals surface area contributed by atoms with Crippen LogP contribution in [-0.2, 0) is 17.8 Å². The van der Waals surface area contributed by atoms with Crippen LogP contribution in [0.5, 0.6) is 0 Å². The van der Waals surface area contributed by atoms with Gasteiger partial charge < -0.3 is 20.9 Å². The Morgan fingerprint density at radius 1 is 1.29 bits per heavy atom. The summed E-state index contributed by atoms with van der Waals surface area (Å²) in [6, 6.07) is 6.17. The zero-order valence-electron chi connectivity index (χ0n) is 16.0. The summed E-state index contributed by atoms with van der Waals surface area (Å²) in [4.78, 5) is 23.8. The Kier molecular flexibility index (Phi) is 6.91. The number of nitrogens with zero attached hydrogens (tertiary/aromatic N) is 3. The number of carbonyl (C=O) groups excluding carboxylic acids is 2. The van der Waals surface area contributed by atoms with Gasteiger partial charge in [0.05, 0.1) is 0 Å². The van der Waals surface area contributed by atoms with Gasteiger partial charge >= 0.3 is 6.03 Å². The Bertz CT molecular complexity index is 838. The number of hydrogen-bond donors (Lipinski definition) is 3. The van der Waals surface area contributed by atoms with Crippen LogP contribution in [0.2, 0.25) is 0 Å². The number of aromatic nitrogens is 3. The number of nitrogens with two attached hydrogens (primary N) is 1. The minimum atomic E-state index is -0.707. The summed E-state index contributed by atoms with van der Waals surface area (Å²) in [5.74, 6) is 2.29. The number of amides is 3. The number of nitrogens with one attached hydrogen (secondary N) is 2. The van der Waals surface area contributed by atoms with Crippen LogP contribution < -0.4 is 16.4 Å². The van der Waals surface area contributed by atoms with Crippen LogP contribution in [0.1, 0.15) is 31.5 Å². The van der Waals surface area contributed by atoms with Crippen molar-refractivity contribution in [3.63, 3.8) is 0 Å². The number of fused-ring (bicyclic) bond motifs is 1. The summed E-state index contributed by atoms with van der Waals surface area (Å²) in [5.41, 5.74) is 6.76. The Morgan fingerprint density at radius 2 is 2.14 bits per heavy atom. The molecule has 3 rings (SSSR count). The highest BCUT2D eigenvalue weighted by Crippen LogP contribution is 2.25. The minimum absolute atomic E-state index is 0.287. The van der Waals surface area contributed by atoms with Crippen molar-refractivity contribution in [3.8, 4) is 11.4 Å². The summed E-state index contributed by atoms with van der Waals surface area (Å²) in [6.45, 7) is 0.910. The molecule has 1 aromatic heterocycles. The zero-order chi connectivity index (χ0) is 19.9. The third-order valence-corrected chi connectivity index (χ3v) is 5.39. The Hall–Kier alpha value is -2.55. The predicted octanol–water partition coefficient (Wildman–Crippen LogP) is 2.40. The summed E-state index contributed by atoms with van der Waals surface area (Å²) in [5, 5.41) is 14.1. The molecule has 1 aromatic carbocycles. The van der Waals surface area contributed by atoms with Gasteiger partial charge in [0.15, 0.2) is 5.82 Å². The van der Waals surface area contributed by atoms with E-state index < -0.39 is 12.1 Å². The first-order valence-electron chi connectivity index (χ1n) is 9.47. The summed E-state index contributed by atoms with van der Waals surface area (Å²) >= 11 is 1.61. The molecule has 0 bridgehead atoms. The molecule has 0 spiro atoms.